The Morgan fingerprint density at radius 3 is 2.26 bits per heavy atom. The predicted molar refractivity (Wildman–Crippen MR) is 80.6 cm³/mol. The summed E-state index contributed by atoms with van der Waals surface area (Å²) in [6.45, 7) is 8.48. The monoisotopic (exact) mass is 260 g/mol. The Hall–Kier alpha value is -1.77. The van der Waals surface area contributed by atoms with Gasteiger partial charge in [-0.25, -0.2) is 0 Å². The van der Waals surface area contributed by atoms with Crippen LogP contribution in [0.2, 0.25) is 0 Å². The molecule has 3 nitrogen and oxygen atoms in total. The molecule has 0 heterocycles. The first-order valence-corrected chi connectivity index (χ1v) is 6.54. The smallest absolute Gasteiger partial charge is 0.118 e. The third kappa shape index (κ3) is 4.78. The Balaban J connectivity index is 2.76. The van der Waals surface area contributed by atoms with Crippen molar-refractivity contribution in [1.29, 1.82) is 5.41 Å². The van der Waals surface area contributed by atoms with Crippen LogP contribution in [0.25, 0.3) is 0 Å². The Kier molecular flexibility index (Phi) is 4.76. The van der Waals surface area contributed by atoms with Crippen molar-refractivity contribution in [3.05, 3.63) is 47.2 Å². The Labute approximate surface area is 115 Å². The van der Waals surface area contributed by atoms with Crippen LogP contribution in [0.15, 0.2) is 36.1 Å². The van der Waals surface area contributed by atoms with E-state index in [4.69, 9.17) is 11.1 Å². The molecule has 1 aromatic rings. The molecule has 0 aliphatic rings. The number of aliphatic hydroxyl groups is 1. The largest absolute Gasteiger partial charge is 0.512 e. The van der Waals surface area contributed by atoms with Crippen molar-refractivity contribution in [3.63, 3.8) is 0 Å². The molecule has 0 saturated carbocycles. The van der Waals surface area contributed by atoms with Gasteiger partial charge in [-0.05, 0) is 23.0 Å². The van der Waals surface area contributed by atoms with Gasteiger partial charge < -0.3 is 10.8 Å². The molecule has 0 spiro atoms. The molecule has 3 heteroatoms. The quantitative estimate of drug-likeness (QED) is 0.440. The molecular formula is C16H24N2O. The van der Waals surface area contributed by atoms with Gasteiger partial charge in [-0.1, -0.05) is 52.0 Å². The van der Waals surface area contributed by atoms with Gasteiger partial charge >= 0.3 is 0 Å². The van der Waals surface area contributed by atoms with Gasteiger partial charge in [0, 0.05) is 12.0 Å². The van der Waals surface area contributed by atoms with E-state index in [0.717, 1.165) is 6.42 Å². The molecule has 0 saturated heterocycles. The Bertz CT molecular complexity index is 467. The zero-order valence-electron chi connectivity index (χ0n) is 12.2. The maximum atomic E-state index is 9.77. The lowest BCUT2D eigenvalue weighted by Crippen LogP contribution is -2.12. The second-order valence-electron chi connectivity index (χ2n) is 6.08. The first kappa shape index (κ1) is 15.3. The topological polar surface area (TPSA) is 70.1 Å². The normalized spacial score (nSPS) is 14.2. The van der Waals surface area contributed by atoms with Crippen LogP contribution in [0, 0.1) is 11.3 Å². The van der Waals surface area contributed by atoms with Crippen molar-refractivity contribution in [2.45, 2.75) is 39.5 Å². The van der Waals surface area contributed by atoms with E-state index in [1.165, 1.54) is 17.2 Å². The number of aliphatic hydroxyl groups excluding tert-OH is 1. The summed E-state index contributed by atoms with van der Waals surface area (Å²) in [6, 6.07) is 8.46. The summed E-state index contributed by atoms with van der Waals surface area (Å²) in [7, 11) is 0. The number of benzene rings is 1. The summed E-state index contributed by atoms with van der Waals surface area (Å²) < 4.78 is 0. The summed E-state index contributed by atoms with van der Waals surface area (Å²) in [4.78, 5) is 0. The lowest BCUT2D eigenvalue weighted by molar-refractivity contribution is 0.340. The van der Waals surface area contributed by atoms with Crippen molar-refractivity contribution < 1.29 is 5.11 Å². The van der Waals surface area contributed by atoms with Crippen molar-refractivity contribution in [1.82, 2.24) is 0 Å². The average molecular weight is 260 g/mol. The van der Waals surface area contributed by atoms with Crippen LogP contribution in [-0.4, -0.2) is 10.9 Å². The number of hydrogen-bond donors (Lipinski definition) is 3. The SMILES string of the molecule is CC(Cc1ccc(C(C)(C)C)cc1)/C(O)=C/C(=N)N. The Morgan fingerprint density at radius 2 is 1.84 bits per heavy atom. The lowest BCUT2D eigenvalue weighted by Gasteiger charge is -2.19. The van der Waals surface area contributed by atoms with E-state index in [1.54, 1.807) is 0 Å². The summed E-state index contributed by atoms with van der Waals surface area (Å²) in [5.41, 5.74) is 7.86. The highest BCUT2D eigenvalue weighted by Crippen LogP contribution is 2.23. The van der Waals surface area contributed by atoms with Crippen LogP contribution >= 0.6 is 0 Å². The number of allylic oxidation sites excluding steroid dienone is 1. The molecular weight excluding hydrogens is 236 g/mol. The van der Waals surface area contributed by atoms with Gasteiger partial charge in [0.2, 0.25) is 0 Å². The summed E-state index contributed by atoms with van der Waals surface area (Å²) in [5.74, 6) is 0.00390. The zero-order valence-corrected chi connectivity index (χ0v) is 12.2. The summed E-state index contributed by atoms with van der Waals surface area (Å²) >= 11 is 0. The van der Waals surface area contributed by atoms with E-state index in [9.17, 15) is 5.11 Å². The van der Waals surface area contributed by atoms with Gasteiger partial charge in [-0.2, -0.15) is 0 Å². The van der Waals surface area contributed by atoms with Crippen molar-refractivity contribution in [2.24, 2.45) is 11.7 Å². The van der Waals surface area contributed by atoms with Crippen LogP contribution in [0.3, 0.4) is 0 Å². The number of hydrogen-bond acceptors (Lipinski definition) is 2. The van der Waals surface area contributed by atoms with Crippen LogP contribution in [0.1, 0.15) is 38.8 Å². The van der Waals surface area contributed by atoms with Gasteiger partial charge in [-0.15, -0.1) is 0 Å². The van der Waals surface area contributed by atoms with E-state index in [1.807, 2.05) is 6.92 Å². The fraction of sp³-hybridized carbons (Fsp3) is 0.438. The highest BCUT2D eigenvalue weighted by atomic mass is 16.3. The first-order valence-electron chi connectivity index (χ1n) is 6.54. The van der Waals surface area contributed by atoms with Crippen molar-refractivity contribution in [3.8, 4) is 0 Å². The zero-order chi connectivity index (χ0) is 14.6. The highest BCUT2D eigenvalue weighted by Gasteiger charge is 2.14. The lowest BCUT2D eigenvalue weighted by atomic mass is 9.86. The highest BCUT2D eigenvalue weighted by molar-refractivity contribution is 5.88. The van der Waals surface area contributed by atoms with E-state index < -0.39 is 0 Å². The van der Waals surface area contributed by atoms with Gasteiger partial charge in [0.05, 0.1) is 5.76 Å². The number of amidine groups is 1. The first-order chi connectivity index (χ1) is 8.70. The minimum atomic E-state index is -0.118. The van der Waals surface area contributed by atoms with Gasteiger partial charge in [0.15, 0.2) is 0 Å². The fourth-order valence-corrected chi connectivity index (χ4v) is 1.90. The average Bonchev–Trinajstić information content (AvgIpc) is 2.27. The maximum Gasteiger partial charge on any atom is 0.118 e. The van der Waals surface area contributed by atoms with E-state index >= 15 is 0 Å². The van der Waals surface area contributed by atoms with E-state index in [2.05, 4.69) is 45.0 Å². The molecule has 0 aliphatic carbocycles. The molecule has 1 atom stereocenters. The number of rotatable bonds is 4. The maximum absolute atomic E-state index is 9.77. The van der Waals surface area contributed by atoms with Crippen LogP contribution < -0.4 is 5.73 Å². The minimum Gasteiger partial charge on any atom is -0.512 e. The molecule has 1 rings (SSSR count). The Morgan fingerprint density at radius 1 is 1.32 bits per heavy atom. The molecule has 0 aliphatic heterocycles. The standard InChI is InChI=1S/C16H24N2O/c1-11(14(19)10-15(17)18)9-12-5-7-13(8-6-12)16(2,3)4/h5-8,10-11,19H,9H2,1-4H3,(H3,17,18)/b14-10-. The van der Waals surface area contributed by atoms with Crippen LogP contribution in [-0.2, 0) is 11.8 Å². The fourth-order valence-electron chi connectivity index (χ4n) is 1.90. The molecule has 4 N–H and O–H groups in total. The van der Waals surface area contributed by atoms with E-state index in [-0.39, 0.29) is 22.9 Å². The third-order valence-electron chi connectivity index (χ3n) is 3.17. The summed E-state index contributed by atoms with van der Waals surface area (Å²) in [5, 5.41) is 16.9. The second-order valence-corrected chi connectivity index (χ2v) is 6.08. The van der Waals surface area contributed by atoms with E-state index in [0.29, 0.717) is 0 Å². The number of nitrogens with two attached hydrogens (primary N) is 1. The molecule has 104 valence electrons. The van der Waals surface area contributed by atoms with Gasteiger partial charge in [-0.3, -0.25) is 5.41 Å². The van der Waals surface area contributed by atoms with Gasteiger partial charge in [0.1, 0.15) is 5.84 Å². The molecule has 19 heavy (non-hydrogen) atoms. The van der Waals surface area contributed by atoms with Crippen molar-refractivity contribution >= 4 is 5.84 Å². The number of nitrogens with one attached hydrogen (secondary N) is 1. The second kappa shape index (κ2) is 5.91. The molecule has 0 radical (unpaired) electrons. The van der Waals surface area contributed by atoms with Crippen LogP contribution in [0.5, 0.6) is 0 Å². The molecule has 0 amide bonds. The van der Waals surface area contributed by atoms with Crippen molar-refractivity contribution in [2.75, 3.05) is 0 Å². The molecule has 0 bridgehead atoms. The molecule has 1 aromatic carbocycles. The predicted octanol–water partition coefficient (Wildman–Crippen LogP) is 3.54. The van der Waals surface area contributed by atoms with Crippen LogP contribution in [0.4, 0.5) is 0 Å². The van der Waals surface area contributed by atoms with Gasteiger partial charge in [0.25, 0.3) is 0 Å². The molecule has 1 unspecified atom stereocenters. The minimum absolute atomic E-state index is 0.0376. The third-order valence-corrected chi connectivity index (χ3v) is 3.17. The molecule has 0 aromatic heterocycles. The summed E-state index contributed by atoms with van der Waals surface area (Å²) in [6.07, 6.45) is 2.04. The molecule has 0 fully saturated rings.